The van der Waals surface area contributed by atoms with Crippen LogP contribution in [0.15, 0.2) is 29.6 Å². The summed E-state index contributed by atoms with van der Waals surface area (Å²) in [5, 5.41) is 3.21. The molecule has 5 nitrogen and oxygen atoms in total. The fourth-order valence-corrected chi connectivity index (χ4v) is 3.55. The summed E-state index contributed by atoms with van der Waals surface area (Å²) in [6, 6.07) is 7.31. The third-order valence-electron chi connectivity index (χ3n) is 4.44. The molecule has 1 aromatic heterocycles. The molecule has 2 N–H and O–H groups in total. The Morgan fingerprint density at radius 2 is 1.88 bits per heavy atom. The smallest absolute Gasteiger partial charge is 0.244 e. The van der Waals surface area contributed by atoms with Crippen molar-refractivity contribution >= 4 is 17.2 Å². The second-order valence-corrected chi connectivity index (χ2v) is 7.41. The van der Waals surface area contributed by atoms with E-state index in [9.17, 15) is 4.79 Å². The fraction of sp³-hybridized carbons (Fsp3) is 0.444. The molecule has 0 bridgehead atoms. The Labute approximate surface area is 147 Å². The standard InChI is InChI=1S/C18H24N4OS/c1-13-3-5-15(6-4-13)17(19)18(23)22-9-7-21(8-10-22)11-16-12-24-14(2)20-16/h3-6,12,17H,7-11,19H2,1-2H3. The predicted molar refractivity (Wildman–Crippen MR) is 96.8 cm³/mol. The molecule has 1 aromatic carbocycles. The zero-order valence-electron chi connectivity index (χ0n) is 14.2. The second-order valence-electron chi connectivity index (χ2n) is 6.35. The van der Waals surface area contributed by atoms with Crippen molar-refractivity contribution in [2.45, 2.75) is 26.4 Å². The van der Waals surface area contributed by atoms with Crippen molar-refractivity contribution in [3.8, 4) is 0 Å². The first-order chi connectivity index (χ1) is 11.5. The Morgan fingerprint density at radius 3 is 2.46 bits per heavy atom. The molecule has 0 aliphatic carbocycles. The highest BCUT2D eigenvalue weighted by atomic mass is 32.1. The summed E-state index contributed by atoms with van der Waals surface area (Å²) in [5.41, 5.74) is 9.34. The van der Waals surface area contributed by atoms with E-state index in [1.54, 1.807) is 11.3 Å². The number of carbonyl (C=O) groups is 1. The van der Waals surface area contributed by atoms with Crippen molar-refractivity contribution in [2.24, 2.45) is 5.73 Å². The van der Waals surface area contributed by atoms with Gasteiger partial charge in [0, 0.05) is 38.1 Å². The van der Waals surface area contributed by atoms with Crippen LogP contribution in [-0.2, 0) is 11.3 Å². The first-order valence-electron chi connectivity index (χ1n) is 8.27. The fourth-order valence-electron chi connectivity index (χ4n) is 2.95. The van der Waals surface area contributed by atoms with Gasteiger partial charge in [0.2, 0.25) is 5.91 Å². The summed E-state index contributed by atoms with van der Waals surface area (Å²) in [6.07, 6.45) is 0. The van der Waals surface area contributed by atoms with Gasteiger partial charge in [0.25, 0.3) is 0 Å². The highest BCUT2D eigenvalue weighted by Gasteiger charge is 2.26. The predicted octanol–water partition coefficient (Wildman–Crippen LogP) is 2.10. The van der Waals surface area contributed by atoms with Gasteiger partial charge in [-0.3, -0.25) is 9.69 Å². The van der Waals surface area contributed by atoms with Crippen LogP contribution in [0, 0.1) is 13.8 Å². The number of aryl methyl sites for hydroxylation is 2. The number of nitrogens with two attached hydrogens (primary N) is 1. The van der Waals surface area contributed by atoms with Gasteiger partial charge in [-0.1, -0.05) is 29.8 Å². The van der Waals surface area contributed by atoms with Gasteiger partial charge in [-0.25, -0.2) is 4.98 Å². The summed E-state index contributed by atoms with van der Waals surface area (Å²) < 4.78 is 0. The molecule has 6 heteroatoms. The van der Waals surface area contributed by atoms with Crippen molar-refractivity contribution in [3.63, 3.8) is 0 Å². The van der Waals surface area contributed by atoms with Crippen LogP contribution < -0.4 is 5.73 Å². The molecule has 1 unspecified atom stereocenters. The minimum absolute atomic E-state index is 0.0167. The lowest BCUT2D eigenvalue weighted by molar-refractivity contribution is -0.134. The highest BCUT2D eigenvalue weighted by molar-refractivity contribution is 7.09. The van der Waals surface area contributed by atoms with Crippen LogP contribution >= 0.6 is 11.3 Å². The summed E-state index contributed by atoms with van der Waals surface area (Å²) in [7, 11) is 0. The number of rotatable bonds is 4. The van der Waals surface area contributed by atoms with Gasteiger partial charge >= 0.3 is 0 Å². The van der Waals surface area contributed by atoms with E-state index >= 15 is 0 Å². The van der Waals surface area contributed by atoms with E-state index in [0.717, 1.165) is 49.0 Å². The number of carbonyl (C=O) groups excluding carboxylic acids is 1. The molecule has 1 aliphatic heterocycles. The summed E-state index contributed by atoms with van der Waals surface area (Å²) in [6.45, 7) is 8.09. The minimum Gasteiger partial charge on any atom is -0.338 e. The second kappa shape index (κ2) is 7.42. The summed E-state index contributed by atoms with van der Waals surface area (Å²) in [4.78, 5) is 21.4. The van der Waals surface area contributed by atoms with Gasteiger partial charge in [-0.05, 0) is 19.4 Å². The molecule has 2 heterocycles. The van der Waals surface area contributed by atoms with E-state index in [1.807, 2.05) is 43.0 Å². The zero-order valence-corrected chi connectivity index (χ0v) is 15.1. The van der Waals surface area contributed by atoms with Crippen LogP contribution in [0.2, 0.25) is 0 Å². The topological polar surface area (TPSA) is 62.5 Å². The molecule has 0 spiro atoms. The molecule has 1 atom stereocenters. The van der Waals surface area contributed by atoms with Crippen molar-refractivity contribution in [3.05, 3.63) is 51.5 Å². The molecule has 0 saturated carbocycles. The lowest BCUT2D eigenvalue weighted by Crippen LogP contribution is -2.50. The lowest BCUT2D eigenvalue weighted by atomic mass is 10.0. The summed E-state index contributed by atoms with van der Waals surface area (Å²) in [5.74, 6) is 0.0167. The number of piperazine rings is 1. The van der Waals surface area contributed by atoms with Gasteiger partial charge in [-0.15, -0.1) is 11.3 Å². The van der Waals surface area contributed by atoms with Crippen LogP contribution in [0.3, 0.4) is 0 Å². The number of hydrogen-bond acceptors (Lipinski definition) is 5. The van der Waals surface area contributed by atoms with Gasteiger partial charge in [0.15, 0.2) is 0 Å². The van der Waals surface area contributed by atoms with Crippen LogP contribution in [0.4, 0.5) is 0 Å². The maximum Gasteiger partial charge on any atom is 0.244 e. The number of thiazole rings is 1. The Kier molecular flexibility index (Phi) is 5.28. The van der Waals surface area contributed by atoms with Gasteiger partial charge < -0.3 is 10.6 Å². The molecule has 1 fully saturated rings. The lowest BCUT2D eigenvalue weighted by Gasteiger charge is -2.35. The largest absolute Gasteiger partial charge is 0.338 e. The van der Waals surface area contributed by atoms with Crippen molar-refractivity contribution in [1.29, 1.82) is 0 Å². The average molecular weight is 344 g/mol. The number of aromatic nitrogens is 1. The first kappa shape index (κ1) is 17.1. The average Bonchev–Trinajstić information content (AvgIpc) is 3.00. The SMILES string of the molecule is Cc1ccc(C(N)C(=O)N2CCN(Cc3csc(C)n3)CC2)cc1. The van der Waals surface area contributed by atoms with Crippen molar-refractivity contribution in [2.75, 3.05) is 26.2 Å². The van der Waals surface area contributed by atoms with Crippen LogP contribution in [0.1, 0.15) is 27.9 Å². The Hall–Kier alpha value is -1.76. The number of benzene rings is 1. The van der Waals surface area contributed by atoms with E-state index in [0.29, 0.717) is 0 Å². The maximum atomic E-state index is 12.6. The van der Waals surface area contributed by atoms with Crippen molar-refractivity contribution in [1.82, 2.24) is 14.8 Å². The monoisotopic (exact) mass is 344 g/mol. The Balaban J connectivity index is 1.53. The number of hydrogen-bond donors (Lipinski definition) is 1. The van der Waals surface area contributed by atoms with E-state index in [2.05, 4.69) is 15.3 Å². The molecule has 1 saturated heterocycles. The van der Waals surface area contributed by atoms with Gasteiger partial charge in [-0.2, -0.15) is 0 Å². The van der Waals surface area contributed by atoms with Crippen LogP contribution in [-0.4, -0.2) is 46.9 Å². The van der Waals surface area contributed by atoms with E-state index in [-0.39, 0.29) is 5.91 Å². The molecular weight excluding hydrogens is 320 g/mol. The Morgan fingerprint density at radius 1 is 1.21 bits per heavy atom. The van der Waals surface area contributed by atoms with E-state index in [1.165, 1.54) is 5.56 Å². The zero-order chi connectivity index (χ0) is 17.1. The molecule has 2 aromatic rings. The van der Waals surface area contributed by atoms with Crippen molar-refractivity contribution < 1.29 is 4.79 Å². The minimum atomic E-state index is -0.571. The molecular formula is C18H24N4OS. The first-order valence-corrected chi connectivity index (χ1v) is 9.15. The number of amides is 1. The van der Waals surface area contributed by atoms with Gasteiger partial charge in [0.1, 0.15) is 6.04 Å². The van der Waals surface area contributed by atoms with Gasteiger partial charge in [0.05, 0.1) is 10.7 Å². The molecule has 1 amide bonds. The molecule has 3 rings (SSSR count). The molecule has 0 radical (unpaired) electrons. The normalized spacial score (nSPS) is 17.0. The molecule has 24 heavy (non-hydrogen) atoms. The van der Waals surface area contributed by atoms with Crippen LogP contribution in [0.25, 0.3) is 0 Å². The maximum absolute atomic E-state index is 12.6. The van der Waals surface area contributed by atoms with E-state index in [4.69, 9.17) is 5.73 Å². The Bertz CT molecular complexity index is 689. The number of nitrogens with zero attached hydrogens (tertiary/aromatic N) is 3. The quantitative estimate of drug-likeness (QED) is 0.923. The highest BCUT2D eigenvalue weighted by Crippen LogP contribution is 2.17. The third-order valence-corrected chi connectivity index (χ3v) is 5.26. The van der Waals surface area contributed by atoms with E-state index < -0.39 is 6.04 Å². The van der Waals surface area contributed by atoms with Crippen LogP contribution in [0.5, 0.6) is 0 Å². The molecule has 128 valence electrons. The third kappa shape index (κ3) is 4.01. The summed E-state index contributed by atoms with van der Waals surface area (Å²) >= 11 is 1.68. The molecule has 1 aliphatic rings.